The summed E-state index contributed by atoms with van der Waals surface area (Å²) in [5.41, 5.74) is 2.84. The van der Waals surface area contributed by atoms with Crippen molar-refractivity contribution in [1.82, 2.24) is 10.8 Å². The smallest absolute Gasteiger partial charge is 0.244 e. The summed E-state index contributed by atoms with van der Waals surface area (Å²) in [6.07, 6.45) is 0.471. The van der Waals surface area contributed by atoms with E-state index in [1.54, 1.807) is 36.8 Å². The van der Waals surface area contributed by atoms with Crippen molar-refractivity contribution in [2.45, 2.75) is 40.0 Å². The van der Waals surface area contributed by atoms with E-state index in [0.717, 1.165) is 0 Å². The number of hydroxylamine groups is 1. The van der Waals surface area contributed by atoms with Crippen LogP contribution in [-0.2, 0) is 19.2 Å². The minimum absolute atomic E-state index is 0.0935. The Morgan fingerprint density at radius 1 is 1.10 bits per heavy atom. The van der Waals surface area contributed by atoms with E-state index in [9.17, 15) is 19.2 Å². The van der Waals surface area contributed by atoms with E-state index in [2.05, 4.69) is 10.6 Å². The van der Waals surface area contributed by atoms with Crippen molar-refractivity contribution in [1.29, 1.82) is 0 Å². The highest BCUT2D eigenvalue weighted by molar-refractivity contribution is 5.94. The van der Waals surface area contributed by atoms with E-state index in [0.29, 0.717) is 17.8 Å². The minimum Gasteiger partial charge on any atom is -0.355 e. The van der Waals surface area contributed by atoms with Crippen molar-refractivity contribution >= 4 is 35.0 Å². The molecule has 9 heteroatoms. The van der Waals surface area contributed by atoms with Gasteiger partial charge in [0.1, 0.15) is 0 Å². The molecule has 0 bridgehead atoms. The predicted molar refractivity (Wildman–Crippen MR) is 109 cm³/mol. The van der Waals surface area contributed by atoms with E-state index in [-0.39, 0.29) is 43.0 Å². The molecule has 4 amide bonds. The van der Waals surface area contributed by atoms with Crippen LogP contribution in [-0.4, -0.2) is 42.4 Å². The van der Waals surface area contributed by atoms with Crippen LogP contribution in [0.3, 0.4) is 0 Å². The van der Waals surface area contributed by atoms with Crippen LogP contribution in [0.4, 0.5) is 11.4 Å². The Balaban J connectivity index is 2.56. The molecule has 9 nitrogen and oxygen atoms in total. The van der Waals surface area contributed by atoms with Crippen molar-refractivity contribution < 1.29 is 24.4 Å². The summed E-state index contributed by atoms with van der Waals surface area (Å²) in [6.45, 7) is 5.43. The van der Waals surface area contributed by atoms with E-state index in [4.69, 9.17) is 5.21 Å². The number of nitrogens with zero attached hydrogens (tertiary/aromatic N) is 1. The fourth-order valence-electron chi connectivity index (χ4n) is 2.84. The highest BCUT2D eigenvalue weighted by Gasteiger charge is 2.23. The van der Waals surface area contributed by atoms with Crippen LogP contribution < -0.4 is 21.0 Å². The first-order valence-corrected chi connectivity index (χ1v) is 9.48. The van der Waals surface area contributed by atoms with Crippen LogP contribution in [0.25, 0.3) is 0 Å². The molecule has 1 aromatic carbocycles. The van der Waals surface area contributed by atoms with Crippen LogP contribution in [0.2, 0.25) is 0 Å². The van der Waals surface area contributed by atoms with Crippen molar-refractivity contribution in [3.8, 4) is 0 Å². The molecule has 0 aliphatic rings. The molecule has 0 aliphatic heterocycles. The second-order valence-electron chi connectivity index (χ2n) is 7.29. The molecule has 0 fully saturated rings. The summed E-state index contributed by atoms with van der Waals surface area (Å²) in [5.74, 6) is -1.68. The molecule has 0 heterocycles. The Kier molecular flexibility index (Phi) is 9.81. The van der Waals surface area contributed by atoms with Gasteiger partial charge in [0.25, 0.3) is 0 Å². The number of nitrogens with one attached hydrogen (secondary N) is 3. The molecular formula is C20H30N4O5. The zero-order valence-corrected chi connectivity index (χ0v) is 17.3. The van der Waals surface area contributed by atoms with Gasteiger partial charge in [0.2, 0.25) is 23.6 Å². The summed E-state index contributed by atoms with van der Waals surface area (Å²) in [7, 11) is 1.63. The fraction of sp³-hybridized carbons (Fsp3) is 0.500. The number of benzene rings is 1. The van der Waals surface area contributed by atoms with Crippen molar-refractivity contribution in [3.05, 3.63) is 24.3 Å². The van der Waals surface area contributed by atoms with Gasteiger partial charge in [-0.3, -0.25) is 24.4 Å². The van der Waals surface area contributed by atoms with Crippen LogP contribution in [0.5, 0.6) is 0 Å². The number of rotatable bonds is 10. The number of hydrogen-bond donors (Lipinski definition) is 4. The van der Waals surface area contributed by atoms with Gasteiger partial charge in [0.15, 0.2) is 0 Å². The quantitative estimate of drug-likeness (QED) is 0.347. The minimum atomic E-state index is -0.621. The predicted octanol–water partition coefficient (Wildman–Crippen LogP) is 1.67. The zero-order chi connectivity index (χ0) is 22.0. The number of anilines is 2. The standard InChI is InChI=1S/C20H30N4O5/c1-13(2)11-15(12-18(26)23-29)20(28)21-10-9-19(27)24(4)17-7-5-16(6-8-17)22-14(3)25/h5-8,13,15,29H,9-12H2,1-4H3,(H,21,28)(H,22,25)(H,23,26)/t15-/m0/s1. The SMILES string of the molecule is CC(=O)Nc1ccc(N(C)C(=O)CCNC(=O)[C@H](CC(=O)NO)CC(C)C)cc1. The van der Waals surface area contributed by atoms with E-state index >= 15 is 0 Å². The van der Waals surface area contributed by atoms with Gasteiger partial charge in [-0.15, -0.1) is 0 Å². The maximum atomic E-state index is 12.4. The van der Waals surface area contributed by atoms with E-state index < -0.39 is 11.8 Å². The lowest BCUT2D eigenvalue weighted by atomic mass is 9.93. The normalized spacial score (nSPS) is 11.5. The number of hydrogen-bond acceptors (Lipinski definition) is 5. The molecular weight excluding hydrogens is 376 g/mol. The van der Waals surface area contributed by atoms with E-state index in [1.165, 1.54) is 11.8 Å². The van der Waals surface area contributed by atoms with E-state index in [1.807, 2.05) is 13.8 Å². The van der Waals surface area contributed by atoms with Crippen LogP contribution >= 0.6 is 0 Å². The summed E-state index contributed by atoms with van der Waals surface area (Å²) in [4.78, 5) is 48.6. The molecule has 0 spiro atoms. The average Bonchev–Trinajstić information content (AvgIpc) is 2.66. The van der Waals surface area contributed by atoms with Gasteiger partial charge >= 0.3 is 0 Å². The highest BCUT2D eigenvalue weighted by atomic mass is 16.5. The molecule has 0 aliphatic carbocycles. The fourth-order valence-corrected chi connectivity index (χ4v) is 2.84. The van der Waals surface area contributed by atoms with Crippen LogP contribution in [0.15, 0.2) is 24.3 Å². The summed E-state index contributed by atoms with van der Waals surface area (Å²) >= 11 is 0. The lowest BCUT2D eigenvalue weighted by Gasteiger charge is -2.20. The number of amides is 4. The molecule has 0 aromatic heterocycles. The zero-order valence-electron chi connectivity index (χ0n) is 17.3. The Labute approximate surface area is 170 Å². The Morgan fingerprint density at radius 2 is 1.72 bits per heavy atom. The second-order valence-corrected chi connectivity index (χ2v) is 7.29. The molecule has 1 atom stereocenters. The molecule has 4 N–H and O–H groups in total. The Bertz CT molecular complexity index is 718. The third-order valence-corrected chi connectivity index (χ3v) is 4.27. The van der Waals surface area contributed by atoms with Gasteiger partial charge in [-0.2, -0.15) is 0 Å². The van der Waals surface area contributed by atoms with Gasteiger partial charge in [0.05, 0.1) is 0 Å². The third-order valence-electron chi connectivity index (χ3n) is 4.27. The molecule has 160 valence electrons. The Morgan fingerprint density at radius 3 is 2.24 bits per heavy atom. The maximum absolute atomic E-state index is 12.4. The van der Waals surface area contributed by atoms with Crippen molar-refractivity contribution in [2.24, 2.45) is 11.8 Å². The lowest BCUT2D eigenvalue weighted by Crippen LogP contribution is -2.37. The maximum Gasteiger partial charge on any atom is 0.244 e. The molecule has 0 radical (unpaired) electrons. The average molecular weight is 406 g/mol. The summed E-state index contributed by atoms with van der Waals surface area (Å²) in [5, 5.41) is 14.0. The topological polar surface area (TPSA) is 128 Å². The van der Waals surface area contributed by atoms with Crippen molar-refractivity contribution in [3.63, 3.8) is 0 Å². The Hall–Kier alpha value is -2.94. The van der Waals surface area contributed by atoms with Gasteiger partial charge in [0, 0.05) is 50.7 Å². The third kappa shape index (κ3) is 8.73. The van der Waals surface area contributed by atoms with Gasteiger partial charge in [-0.1, -0.05) is 13.8 Å². The first-order chi connectivity index (χ1) is 13.6. The van der Waals surface area contributed by atoms with Gasteiger partial charge in [-0.05, 0) is 36.6 Å². The molecule has 1 aromatic rings. The molecule has 29 heavy (non-hydrogen) atoms. The van der Waals surface area contributed by atoms with Gasteiger partial charge < -0.3 is 15.5 Å². The highest BCUT2D eigenvalue weighted by Crippen LogP contribution is 2.18. The summed E-state index contributed by atoms with van der Waals surface area (Å²) in [6, 6.07) is 6.83. The van der Waals surface area contributed by atoms with Gasteiger partial charge in [-0.25, -0.2) is 5.48 Å². The molecule has 0 unspecified atom stereocenters. The lowest BCUT2D eigenvalue weighted by molar-refractivity contribution is -0.135. The van der Waals surface area contributed by atoms with Crippen LogP contribution in [0.1, 0.15) is 40.0 Å². The number of carbonyl (C=O) groups is 4. The van der Waals surface area contributed by atoms with Crippen LogP contribution in [0, 0.1) is 11.8 Å². The molecule has 0 saturated heterocycles. The number of carbonyl (C=O) groups excluding carboxylic acids is 4. The first-order valence-electron chi connectivity index (χ1n) is 9.48. The van der Waals surface area contributed by atoms with Crippen molar-refractivity contribution in [2.75, 3.05) is 23.8 Å². The summed E-state index contributed by atoms with van der Waals surface area (Å²) < 4.78 is 0. The second kappa shape index (κ2) is 11.8. The molecule has 0 saturated carbocycles. The molecule has 1 rings (SSSR count). The first kappa shape index (κ1) is 24.1. The largest absolute Gasteiger partial charge is 0.355 e. The monoisotopic (exact) mass is 406 g/mol.